The largest absolute Gasteiger partial charge is 0.490 e. The Morgan fingerprint density at radius 1 is 1.13 bits per heavy atom. The lowest BCUT2D eigenvalue weighted by Gasteiger charge is -2.18. The van der Waals surface area contributed by atoms with E-state index in [0.29, 0.717) is 23.9 Å². The fourth-order valence-electron chi connectivity index (χ4n) is 2.85. The van der Waals surface area contributed by atoms with Gasteiger partial charge in [0.15, 0.2) is 15.8 Å². The minimum absolute atomic E-state index is 0.164. The van der Waals surface area contributed by atoms with Crippen molar-refractivity contribution in [1.29, 1.82) is 0 Å². The van der Waals surface area contributed by atoms with Crippen molar-refractivity contribution in [2.45, 2.75) is 51.2 Å². The van der Waals surface area contributed by atoms with E-state index in [1.807, 2.05) is 12.1 Å². The lowest BCUT2D eigenvalue weighted by molar-refractivity contribution is 0.215. The van der Waals surface area contributed by atoms with E-state index in [1.165, 1.54) is 11.8 Å². The Labute approximate surface area is 180 Å². The summed E-state index contributed by atoms with van der Waals surface area (Å²) in [5.41, 5.74) is 3.31. The first kappa shape index (κ1) is 23.7. The summed E-state index contributed by atoms with van der Waals surface area (Å²) in [6.07, 6.45) is 3.09. The van der Waals surface area contributed by atoms with Gasteiger partial charge in [-0.15, -0.1) is 0 Å². The fraction of sp³-hybridized carbons (Fsp3) is 0.435. The normalized spacial score (nSPS) is 13.0. The standard InChI is InChI=1S/C23H33N3O3S/c1-6-18(3)29-22-15-17(2)7-10-20(22)16-26-23(24-4)25-14-13-19-8-11-21(12-9-19)30(5,27)28/h7-12,15,18H,6,13-14,16H2,1-5H3,(H2,24,25,26). The molecule has 0 aliphatic carbocycles. The Balaban J connectivity index is 1.90. The van der Waals surface area contributed by atoms with E-state index >= 15 is 0 Å². The average Bonchev–Trinajstić information content (AvgIpc) is 2.71. The SMILES string of the molecule is CCC(C)Oc1cc(C)ccc1CNC(=NC)NCCc1ccc(S(C)(=O)=O)cc1. The number of nitrogens with one attached hydrogen (secondary N) is 2. The number of nitrogens with zero attached hydrogens (tertiary/aromatic N) is 1. The molecule has 1 atom stereocenters. The molecule has 0 bridgehead atoms. The molecule has 0 radical (unpaired) electrons. The molecule has 30 heavy (non-hydrogen) atoms. The van der Waals surface area contributed by atoms with E-state index in [4.69, 9.17) is 4.74 Å². The molecule has 0 aliphatic heterocycles. The molecule has 0 aromatic heterocycles. The minimum atomic E-state index is -3.16. The molecular weight excluding hydrogens is 398 g/mol. The van der Waals surface area contributed by atoms with E-state index in [9.17, 15) is 8.42 Å². The molecule has 2 aromatic rings. The number of hydrogen-bond acceptors (Lipinski definition) is 4. The summed E-state index contributed by atoms with van der Waals surface area (Å²) in [7, 11) is -1.42. The quantitative estimate of drug-likeness (QED) is 0.469. The van der Waals surface area contributed by atoms with Crippen molar-refractivity contribution in [3.63, 3.8) is 0 Å². The van der Waals surface area contributed by atoms with Crippen molar-refractivity contribution in [3.05, 3.63) is 59.2 Å². The monoisotopic (exact) mass is 431 g/mol. The van der Waals surface area contributed by atoms with E-state index < -0.39 is 9.84 Å². The maximum absolute atomic E-state index is 11.5. The number of benzene rings is 2. The van der Waals surface area contributed by atoms with Crippen LogP contribution < -0.4 is 15.4 Å². The zero-order chi connectivity index (χ0) is 22.1. The number of aliphatic imine (C=N–C) groups is 1. The van der Waals surface area contributed by atoms with Gasteiger partial charge in [-0.05, 0) is 56.0 Å². The van der Waals surface area contributed by atoms with Crippen LogP contribution in [0.2, 0.25) is 0 Å². The van der Waals surface area contributed by atoms with Gasteiger partial charge in [0, 0.05) is 32.0 Å². The summed E-state index contributed by atoms with van der Waals surface area (Å²) in [5.74, 6) is 1.61. The highest BCUT2D eigenvalue weighted by molar-refractivity contribution is 7.90. The van der Waals surface area contributed by atoms with Crippen LogP contribution in [0.3, 0.4) is 0 Å². The van der Waals surface area contributed by atoms with Crippen LogP contribution in [0, 0.1) is 6.92 Å². The van der Waals surface area contributed by atoms with Crippen LogP contribution in [0.15, 0.2) is 52.4 Å². The Morgan fingerprint density at radius 2 is 1.83 bits per heavy atom. The summed E-state index contributed by atoms with van der Waals surface area (Å²) in [4.78, 5) is 4.62. The fourth-order valence-corrected chi connectivity index (χ4v) is 3.48. The average molecular weight is 432 g/mol. The van der Waals surface area contributed by atoms with Crippen LogP contribution in [-0.4, -0.2) is 40.3 Å². The van der Waals surface area contributed by atoms with Crippen LogP contribution in [-0.2, 0) is 22.8 Å². The van der Waals surface area contributed by atoms with Crippen LogP contribution in [0.1, 0.15) is 37.0 Å². The summed E-state index contributed by atoms with van der Waals surface area (Å²) in [6, 6.07) is 13.2. The number of rotatable bonds is 9. The van der Waals surface area contributed by atoms with Gasteiger partial charge in [-0.25, -0.2) is 8.42 Å². The smallest absolute Gasteiger partial charge is 0.191 e. The molecule has 1 unspecified atom stereocenters. The van der Waals surface area contributed by atoms with Gasteiger partial charge in [0.05, 0.1) is 11.0 Å². The van der Waals surface area contributed by atoms with Gasteiger partial charge >= 0.3 is 0 Å². The second-order valence-electron chi connectivity index (χ2n) is 7.47. The second-order valence-corrected chi connectivity index (χ2v) is 9.48. The molecule has 0 spiro atoms. The predicted octanol–water partition coefficient (Wildman–Crippen LogP) is 3.48. The van der Waals surface area contributed by atoms with Crippen molar-refractivity contribution in [2.75, 3.05) is 19.8 Å². The summed E-state index contributed by atoms with van der Waals surface area (Å²) < 4.78 is 29.2. The highest BCUT2D eigenvalue weighted by atomic mass is 32.2. The van der Waals surface area contributed by atoms with Crippen molar-refractivity contribution in [2.24, 2.45) is 4.99 Å². The van der Waals surface area contributed by atoms with E-state index in [2.05, 4.69) is 54.6 Å². The predicted molar refractivity (Wildman–Crippen MR) is 123 cm³/mol. The maximum Gasteiger partial charge on any atom is 0.191 e. The lowest BCUT2D eigenvalue weighted by atomic mass is 10.1. The number of hydrogen-bond donors (Lipinski definition) is 2. The molecule has 0 fully saturated rings. The van der Waals surface area contributed by atoms with Crippen molar-refractivity contribution in [3.8, 4) is 5.75 Å². The zero-order valence-electron chi connectivity index (χ0n) is 18.5. The van der Waals surface area contributed by atoms with Crippen LogP contribution in [0.5, 0.6) is 5.75 Å². The maximum atomic E-state index is 11.5. The third-order valence-corrected chi connectivity index (χ3v) is 5.98. The Hall–Kier alpha value is -2.54. The highest BCUT2D eigenvalue weighted by Crippen LogP contribution is 2.22. The molecule has 0 amide bonds. The van der Waals surface area contributed by atoms with Crippen LogP contribution >= 0.6 is 0 Å². The van der Waals surface area contributed by atoms with Gasteiger partial charge in [0.25, 0.3) is 0 Å². The number of ether oxygens (including phenoxy) is 1. The van der Waals surface area contributed by atoms with Crippen molar-refractivity contribution < 1.29 is 13.2 Å². The summed E-state index contributed by atoms with van der Waals surface area (Å²) >= 11 is 0. The molecule has 6 nitrogen and oxygen atoms in total. The Kier molecular flexibility index (Phi) is 8.72. The van der Waals surface area contributed by atoms with Gasteiger partial charge in [0.2, 0.25) is 0 Å². The lowest BCUT2D eigenvalue weighted by Crippen LogP contribution is -2.38. The molecule has 2 aromatic carbocycles. The molecule has 0 aliphatic rings. The van der Waals surface area contributed by atoms with Crippen LogP contribution in [0.25, 0.3) is 0 Å². The van der Waals surface area contributed by atoms with Crippen LogP contribution in [0.4, 0.5) is 0 Å². The van der Waals surface area contributed by atoms with E-state index in [0.717, 1.165) is 29.7 Å². The number of guanidine groups is 1. The first-order valence-corrected chi connectivity index (χ1v) is 12.1. The molecule has 164 valence electrons. The molecule has 0 saturated carbocycles. The molecule has 0 heterocycles. The first-order valence-electron chi connectivity index (χ1n) is 10.2. The third kappa shape index (κ3) is 7.37. The summed E-state index contributed by atoms with van der Waals surface area (Å²) in [6.45, 7) is 7.53. The van der Waals surface area contributed by atoms with Crippen molar-refractivity contribution >= 4 is 15.8 Å². The summed E-state index contributed by atoms with van der Waals surface area (Å²) in [5, 5.41) is 6.63. The molecular formula is C23H33N3O3S. The Morgan fingerprint density at radius 3 is 2.43 bits per heavy atom. The van der Waals surface area contributed by atoms with E-state index in [-0.39, 0.29) is 6.10 Å². The number of sulfone groups is 1. The molecule has 2 rings (SSSR count). The molecule has 7 heteroatoms. The van der Waals surface area contributed by atoms with Crippen molar-refractivity contribution in [1.82, 2.24) is 10.6 Å². The highest BCUT2D eigenvalue weighted by Gasteiger charge is 2.09. The van der Waals surface area contributed by atoms with Gasteiger partial charge in [-0.3, -0.25) is 4.99 Å². The minimum Gasteiger partial charge on any atom is -0.490 e. The van der Waals surface area contributed by atoms with E-state index in [1.54, 1.807) is 19.2 Å². The molecule has 0 saturated heterocycles. The zero-order valence-corrected chi connectivity index (χ0v) is 19.3. The first-order chi connectivity index (χ1) is 14.2. The topological polar surface area (TPSA) is 79.8 Å². The van der Waals surface area contributed by atoms with Gasteiger partial charge in [0.1, 0.15) is 5.75 Å². The Bertz CT molecular complexity index is 954. The third-order valence-electron chi connectivity index (χ3n) is 4.85. The second kappa shape index (κ2) is 11.0. The van der Waals surface area contributed by atoms with Gasteiger partial charge in [-0.1, -0.05) is 31.2 Å². The molecule has 2 N–H and O–H groups in total. The number of aryl methyl sites for hydroxylation is 1. The van der Waals surface area contributed by atoms with Gasteiger partial charge < -0.3 is 15.4 Å². The van der Waals surface area contributed by atoms with Gasteiger partial charge in [-0.2, -0.15) is 0 Å².